The number of halogens is 2. The minimum atomic E-state index is -1.08. The predicted molar refractivity (Wildman–Crippen MR) is 128 cm³/mol. The molecule has 1 aliphatic heterocycles. The van der Waals surface area contributed by atoms with Crippen LogP contribution in [0.25, 0.3) is 0 Å². The highest BCUT2D eigenvalue weighted by Gasteiger charge is 2.15. The van der Waals surface area contributed by atoms with Crippen LogP contribution in [0, 0.1) is 5.82 Å². The lowest BCUT2D eigenvalue weighted by Gasteiger charge is -2.16. The van der Waals surface area contributed by atoms with Gasteiger partial charge in [-0.1, -0.05) is 23.7 Å². The van der Waals surface area contributed by atoms with Crippen molar-refractivity contribution < 1.29 is 29.0 Å². The van der Waals surface area contributed by atoms with Gasteiger partial charge in [0.25, 0.3) is 5.91 Å². The fourth-order valence-corrected chi connectivity index (χ4v) is 3.69. The molecule has 0 bridgehead atoms. The van der Waals surface area contributed by atoms with Crippen LogP contribution in [0.1, 0.15) is 46.8 Å². The van der Waals surface area contributed by atoms with Crippen molar-refractivity contribution in [3.63, 3.8) is 0 Å². The van der Waals surface area contributed by atoms with Gasteiger partial charge < -0.3 is 26.2 Å². The maximum absolute atomic E-state index is 14.2. The van der Waals surface area contributed by atoms with Crippen LogP contribution in [0.2, 0.25) is 5.02 Å². The van der Waals surface area contributed by atoms with E-state index in [0.29, 0.717) is 18.1 Å². The first-order valence-corrected chi connectivity index (χ1v) is 11.4. The van der Waals surface area contributed by atoms with Gasteiger partial charge in [0.1, 0.15) is 5.82 Å². The van der Waals surface area contributed by atoms with Crippen LogP contribution in [0.3, 0.4) is 0 Å². The molecule has 2 aromatic carbocycles. The fourth-order valence-electron chi connectivity index (χ4n) is 3.45. The van der Waals surface area contributed by atoms with Crippen molar-refractivity contribution in [2.45, 2.75) is 39.2 Å². The number of hydrogen-bond donors (Lipinski definition) is 5. The molecule has 0 aliphatic carbocycles. The summed E-state index contributed by atoms with van der Waals surface area (Å²) in [4.78, 5) is 31.1. The molecule has 34 heavy (non-hydrogen) atoms. The molecule has 1 amide bonds. The summed E-state index contributed by atoms with van der Waals surface area (Å²) < 4.78 is 14.2. The molecule has 1 heterocycles. The van der Waals surface area contributed by atoms with E-state index in [4.69, 9.17) is 21.8 Å². The van der Waals surface area contributed by atoms with Gasteiger partial charge in [-0.15, -0.1) is 0 Å². The largest absolute Gasteiger partial charge is 0.481 e. The van der Waals surface area contributed by atoms with Gasteiger partial charge in [0.2, 0.25) is 0 Å². The van der Waals surface area contributed by atoms with Gasteiger partial charge in [-0.25, -0.2) is 4.39 Å². The number of benzene rings is 2. The number of carbonyl (C=O) groups excluding carboxylic acids is 1. The van der Waals surface area contributed by atoms with Gasteiger partial charge >= 0.3 is 11.9 Å². The molecule has 0 unspecified atom stereocenters. The average molecular weight is 494 g/mol. The van der Waals surface area contributed by atoms with Crippen LogP contribution >= 0.6 is 11.6 Å². The van der Waals surface area contributed by atoms with Crippen LogP contribution < -0.4 is 16.0 Å². The zero-order chi connectivity index (χ0) is 25.1. The number of anilines is 1. The normalized spacial score (nSPS) is 12.4. The van der Waals surface area contributed by atoms with Crippen LogP contribution in [-0.2, 0) is 29.0 Å². The van der Waals surface area contributed by atoms with Crippen molar-refractivity contribution >= 4 is 35.1 Å². The second kappa shape index (κ2) is 13.5. The number of carboxylic acid groups (broad SMARTS) is 2. The van der Waals surface area contributed by atoms with E-state index in [1.807, 2.05) is 6.07 Å². The first kappa shape index (κ1) is 27.1. The highest BCUT2D eigenvalue weighted by Crippen LogP contribution is 2.31. The maximum atomic E-state index is 14.2. The monoisotopic (exact) mass is 493 g/mol. The Kier molecular flexibility index (Phi) is 10.8. The number of carboxylic acids is 2. The third-order valence-corrected chi connectivity index (χ3v) is 5.43. The maximum Gasteiger partial charge on any atom is 0.303 e. The molecule has 3 rings (SSSR count). The molecular weight excluding hydrogens is 465 g/mol. The van der Waals surface area contributed by atoms with Crippen molar-refractivity contribution in [3.05, 3.63) is 63.4 Å². The lowest BCUT2D eigenvalue weighted by molar-refractivity contribution is -0.143. The van der Waals surface area contributed by atoms with Crippen molar-refractivity contribution in [2.24, 2.45) is 0 Å². The van der Waals surface area contributed by atoms with Crippen LogP contribution in [-0.4, -0.2) is 47.7 Å². The van der Waals surface area contributed by atoms with E-state index in [9.17, 15) is 18.8 Å². The standard InChI is InChI=1S/C20H23ClFN3O.C4H6O4/c1-2-24-20(26)16-5-3-13(11-18(16)22)12-25-19-15-8-10-23-9-7-14(15)4-6-17(19)21;5-3(6)1-2-4(7)8/h3-6,11,23,25H,2,7-10,12H2,1H3,(H,24,26);1-2H2,(H,5,6)(H,7,8). The first-order chi connectivity index (χ1) is 16.2. The lowest BCUT2D eigenvalue weighted by atomic mass is 10.0. The first-order valence-electron chi connectivity index (χ1n) is 11.0. The molecule has 5 N–H and O–H groups in total. The minimum absolute atomic E-state index is 0.0632. The van der Waals surface area contributed by atoms with Crippen LogP contribution in [0.15, 0.2) is 30.3 Å². The van der Waals surface area contributed by atoms with Gasteiger partial charge in [-0.2, -0.15) is 0 Å². The molecule has 1 aliphatic rings. The molecule has 8 nitrogen and oxygen atoms in total. The van der Waals surface area contributed by atoms with E-state index in [1.54, 1.807) is 13.0 Å². The van der Waals surface area contributed by atoms with E-state index >= 15 is 0 Å². The smallest absolute Gasteiger partial charge is 0.303 e. The lowest BCUT2D eigenvalue weighted by Crippen LogP contribution is -2.23. The van der Waals surface area contributed by atoms with E-state index in [1.165, 1.54) is 23.3 Å². The Bertz CT molecular complexity index is 1020. The molecular formula is C24H29ClFN3O5. The van der Waals surface area contributed by atoms with Gasteiger partial charge in [0.05, 0.1) is 29.1 Å². The molecule has 2 aromatic rings. The number of hydrogen-bond acceptors (Lipinski definition) is 5. The summed E-state index contributed by atoms with van der Waals surface area (Å²) in [7, 11) is 0. The second-order valence-corrected chi connectivity index (χ2v) is 8.03. The number of aliphatic carboxylic acids is 2. The minimum Gasteiger partial charge on any atom is -0.481 e. The number of nitrogens with one attached hydrogen (secondary N) is 3. The summed E-state index contributed by atoms with van der Waals surface area (Å²) in [5.74, 6) is -3.06. The Labute approximate surface area is 202 Å². The number of amides is 1. The molecule has 0 radical (unpaired) electrons. The SMILES string of the molecule is CCNC(=O)c1ccc(CNc2c(Cl)ccc3c2CCNCC3)cc1F.O=C(O)CCC(=O)O. The molecule has 0 fully saturated rings. The summed E-state index contributed by atoms with van der Waals surface area (Å²) in [6.45, 7) is 4.58. The summed E-state index contributed by atoms with van der Waals surface area (Å²) in [6.07, 6.45) is 1.28. The highest BCUT2D eigenvalue weighted by atomic mass is 35.5. The average Bonchev–Trinajstić information content (AvgIpc) is 3.03. The van der Waals surface area contributed by atoms with Gasteiger partial charge in [0, 0.05) is 13.1 Å². The zero-order valence-electron chi connectivity index (χ0n) is 18.9. The van der Waals surface area contributed by atoms with Gasteiger partial charge in [-0.3, -0.25) is 14.4 Å². The zero-order valence-corrected chi connectivity index (χ0v) is 19.7. The predicted octanol–water partition coefficient (Wildman–Crippen LogP) is 3.46. The van der Waals surface area contributed by atoms with Crippen LogP contribution in [0.5, 0.6) is 0 Å². The van der Waals surface area contributed by atoms with Crippen molar-refractivity contribution in [2.75, 3.05) is 25.0 Å². The van der Waals surface area contributed by atoms with Crippen molar-refractivity contribution in [1.29, 1.82) is 0 Å². The second-order valence-electron chi connectivity index (χ2n) is 7.62. The molecule has 0 atom stereocenters. The summed E-state index contributed by atoms with van der Waals surface area (Å²) >= 11 is 6.40. The van der Waals surface area contributed by atoms with E-state index < -0.39 is 23.7 Å². The number of rotatable bonds is 8. The number of fused-ring (bicyclic) bond motifs is 1. The Hall–Kier alpha value is -3.17. The van der Waals surface area contributed by atoms with E-state index in [-0.39, 0.29) is 18.4 Å². The van der Waals surface area contributed by atoms with Crippen LogP contribution in [0.4, 0.5) is 10.1 Å². The fraction of sp³-hybridized carbons (Fsp3) is 0.375. The molecule has 184 valence electrons. The van der Waals surface area contributed by atoms with E-state index in [2.05, 4.69) is 22.0 Å². The Balaban J connectivity index is 0.000000440. The molecule has 10 heteroatoms. The van der Waals surface area contributed by atoms with E-state index in [0.717, 1.165) is 37.2 Å². The summed E-state index contributed by atoms with van der Waals surface area (Å²) in [5.41, 5.74) is 4.26. The topological polar surface area (TPSA) is 128 Å². The third kappa shape index (κ3) is 8.31. The summed E-state index contributed by atoms with van der Waals surface area (Å²) in [6, 6.07) is 8.67. The number of carbonyl (C=O) groups is 3. The molecule has 0 aromatic heterocycles. The Morgan fingerprint density at radius 2 is 1.74 bits per heavy atom. The Morgan fingerprint density at radius 1 is 1.06 bits per heavy atom. The third-order valence-electron chi connectivity index (χ3n) is 5.12. The van der Waals surface area contributed by atoms with Gasteiger partial charge in [0.15, 0.2) is 0 Å². The van der Waals surface area contributed by atoms with Crippen molar-refractivity contribution in [1.82, 2.24) is 10.6 Å². The highest BCUT2D eigenvalue weighted by molar-refractivity contribution is 6.33. The van der Waals surface area contributed by atoms with Crippen molar-refractivity contribution in [3.8, 4) is 0 Å². The van der Waals surface area contributed by atoms with Gasteiger partial charge in [-0.05, 0) is 67.7 Å². The molecule has 0 spiro atoms. The Morgan fingerprint density at radius 3 is 2.35 bits per heavy atom. The summed E-state index contributed by atoms with van der Waals surface area (Å²) in [5, 5.41) is 25.8. The molecule has 0 saturated carbocycles. The molecule has 0 saturated heterocycles. The quantitative estimate of drug-likeness (QED) is 0.381.